The molecule has 0 amide bonds. The minimum atomic E-state index is -0.594. The van der Waals surface area contributed by atoms with Crippen LogP contribution in [-0.2, 0) is 23.6 Å². The summed E-state index contributed by atoms with van der Waals surface area (Å²) in [6.45, 7) is 0.945. The van der Waals surface area contributed by atoms with Gasteiger partial charge in [-0.3, -0.25) is 0 Å². The van der Waals surface area contributed by atoms with E-state index in [1.165, 1.54) is 32.6 Å². The second-order valence-electron chi connectivity index (χ2n) is 8.23. The zero-order chi connectivity index (χ0) is 22.9. The molecule has 0 radical (unpaired) electrons. The molecule has 0 spiro atoms. The predicted molar refractivity (Wildman–Crippen MR) is 146 cm³/mol. The molecule has 34 heavy (non-hydrogen) atoms. The van der Waals surface area contributed by atoms with Crippen molar-refractivity contribution in [3.63, 3.8) is 0 Å². The Morgan fingerprint density at radius 1 is 0.676 bits per heavy atom. The van der Waals surface area contributed by atoms with Gasteiger partial charge >= 0.3 is 17.1 Å². The van der Waals surface area contributed by atoms with Gasteiger partial charge in [0.2, 0.25) is 0 Å². The van der Waals surface area contributed by atoms with Crippen molar-refractivity contribution in [3.8, 4) is 11.1 Å². The summed E-state index contributed by atoms with van der Waals surface area (Å²) in [7, 11) is 3.70. The maximum atomic E-state index is 2.42. The average Bonchev–Trinajstić information content (AvgIpc) is 3.56. The summed E-state index contributed by atoms with van der Waals surface area (Å²) in [5.74, 6) is 0. The summed E-state index contributed by atoms with van der Waals surface area (Å²) in [4.78, 5) is 2.26. The Bertz CT molecular complexity index is 1140. The van der Waals surface area contributed by atoms with Crippen molar-refractivity contribution in [2.45, 2.75) is 6.54 Å². The molecule has 0 unspecified atom stereocenters. The number of hydrogen-bond acceptors (Lipinski definition) is 1. The number of benzene rings is 3. The third kappa shape index (κ3) is 6.89. The van der Waals surface area contributed by atoms with Crippen LogP contribution in [0, 0.1) is 0 Å². The second kappa shape index (κ2) is 13.2. The first-order valence-electron chi connectivity index (χ1n) is 11.3. The van der Waals surface area contributed by atoms with Gasteiger partial charge in [0.1, 0.15) is 0 Å². The molecular weight excluding hydrogens is 473 g/mol. The molecule has 0 saturated heterocycles. The Kier molecular flexibility index (Phi) is 10.1. The number of rotatable bonds is 6. The van der Waals surface area contributed by atoms with Gasteiger partial charge in [-0.25, -0.2) is 12.1 Å². The normalized spacial score (nSPS) is 10.5. The molecule has 0 aliphatic carbocycles. The Morgan fingerprint density at radius 3 is 1.62 bits per heavy atom. The van der Waals surface area contributed by atoms with Gasteiger partial charge in [-0.2, -0.15) is 18.2 Å². The summed E-state index contributed by atoms with van der Waals surface area (Å²) >= 11 is 0. The van der Waals surface area contributed by atoms with Gasteiger partial charge in [0.25, 0.3) is 0 Å². The van der Waals surface area contributed by atoms with Crippen molar-refractivity contribution in [1.29, 1.82) is 0 Å². The summed E-state index contributed by atoms with van der Waals surface area (Å²) in [6.07, 6.45) is 0. The Balaban J connectivity index is 0.000000481. The molecule has 0 aliphatic rings. The van der Waals surface area contributed by atoms with E-state index in [9.17, 15) is 0 Å². The molecule has 0 N–H and O–H groups in total. The minimum Gasteiger partial charge on any atom is -0.313 e. The fourth-order valence-corrected chi connectivity index (χ4v) is 6.40. The van der Waals surface area contributed by atoms with Crippen molar-refractivity contribution in [1.82, 2.24) is 4.90 Å². The van der Waals surface area contributed by atoms with E-state index in [-0.39, 0.29) is 17.1 Å². The molecule has 172 valence electrons. The van der Waals surface area contributed by atoms with Crippen LogP contribution in [0.2, 0.25) is 0 Å². The molecule has 1 nitrogen and oxygen atoms in total. The third-order valence-electron chi connectivity index (χ3n) is 5.37. The maximum Gasteiger partial charge on any atom is 2.00 e. The van der Waals surface area contributed by atoms with E-state index in [0.29, 0.717) is 0 Å². The monoisotopic (exact) mass is 503 g/mol. The van der Waals surface area contributed by atoms with Gasteiger partial charge in [0, 0.05) is 0 Å². The van der Waals surface area contributed by atoms with Crippen LogP contribution in [0.25, 0.3) is 11.1 Å². The number of nitrogens with zero attached hydrogens (tertiary/aromatic N) is 1. The third-order valence-corrected chi connectivity index (χ3v) is 7.90. The van der Waals surface area contributed by atoms with Crippen molar-refractivity contribution >= 4 is 23.8 Å². The van der Waals surface area contributed by atoms with Crippen LogP contribution in [-0.4, -0.2) is 19.0 Å². The zero-order valence-electron chi connectivity index (χ0n) is 19.7. The average molecular weight is 503 g/mol. The molecule has 3 heteroatoms. The summed E-state index contributed by atoms with van der Waals surface area (Å²) in [6, 6.07) is 47.4. The van der Waals surface area contributed by atoms with Gasteiger partial charge in [-0.1, -0.05) is 97.7 Å². The molecule has 0 saturated carbocycles. The van der Waals surface area contributed by atoms with Crippen LogP contribution >= 0.6 is 7.92 Å². The first-order valence-corrected chi connectivity index (χ1v) is 12.6. The van der Waals surface area contributed by atoms with Crippen LogP contribution in [0.4, 0.5) is 0 Å². The largest absolute Gasteiger partial charge is 2.00 e. The van der Waals surface area contributed by atoms with Crippen molar-refractivity contribution < 1.29 is 17.1 Å². The van der Waals surface area contributed by atoms with E-state index in [1.54, 1.807) is 0 Å². The molecule has 5 rings (SSSR count). The first-order chi connectivity index (χ1) is 16.2. The van der Waals surface area contributed by atoms with Gasteiger partial charge in [-0.15, -0.1) is 35.4 Å². The van der Waals surface area contributed by atoms with Crippen LogP contribution in [0.1, 0.15) is 5.56 Å². The van der Waals surface area contributed by atoms with E-state index < -0.39 is 7.92 Å². The SMILES string of the molecule is CN(C)Cc1c[c-](-c2ccccc2)cc1P(c1ccccc1)c1ccccc1.[Fe+2].c1cc[cH-]c1. The smallest absolute Gasteiger partial charge is 0.313 e. The van der Waals surface area contributed by atoms with Crippen molar-refractivity contribution in [2.24, 2.45) is 0 Å². The zero-order valence-corrected chi connectivity index (χ0v) is 21.7. The molecule has 5 aromatic rings. The van der Waals surface area contributed by atoms with Gasteiger partial charge in [0.05, 0.1) is 0 Å². The Labute approximate surface area is 216 Å². The van der Waals surface area contributed by atoms with Gasteiger partial charge in [-0.05, 0) is 31.2 Å². The Morgan fingerprint density at radius 2 is 1.18 bits per heavy atom. The van der Waals surface area contributed by atoms with Crippen LogP contribution in [0.5, 0.6) is 0 Å². The van der Waals surface area contributed by atoms with Gasteiger partial charge < -0.3 is 4.90 Å². The second-order valence-corrected chi connectivity index (χ2v) is 10.4. The predicted octanol–water partition coefficient (Wildman–Crippen LogP) is 6.30. The minimum absolute atomic E-state index is 0. The molecule has 0 atom stereocenters. The summed E-state index contributed by atoms with van der Waals surface area (Å²) in [5, 5.41) is 4.25. The number of hydrogen-bond donors (Lipinski definition) is 0. The summed E-state index contributed by atoms with van der Waals surface area (Å²) in [5.41, 5.74) is 4.01. The van der Waals surface area contributed by atoms with E-state index in [0.717, 1.165) is 6.54 Å². The van der Waals surface area contributed by atoms with Crippen molar-refractivity contribution in [3.05, 3.63) is 139 Å². The topological polar surface area (TPSA) is 3.24 Å². The van der Waals surface area contributed by atoms with Crippen molar-refractivity contribution in [2.75, 3.05) is 14.1 Å². The van der Waals surface area contributed by atoms with Gasteiger partial charge in [0.15, 0.2) is 0 Å². The van der Waals surface area contributed by atoms with Crippen LogP contribution < -0.4 is 15.9 Å². The van der Waals surface area contributed by atoms with E-state index in [1.807, 2.05) is 30.3 Å². The molecule has 0 heterocycles. The Hall–Kier alpha value is -2.73. The quantitative estimate of drug-likeness (QED) is 0.150. The molecule has 0 bridgehead atoms. The molecule has 0 aliphatic heterocycles. The molecule has 5 aromatic carbocycles. The van der Waals surface area contributed by atoms with E-state index in [2.05, 4.69) is 122 Å². The summed E-state index contributed by atoms with van der Waals surface area (Å²) < 4.78 is 0. The van der Waals surface area contributed by atoms with Crippen LogP contribution in [0.3, 0.4) is 0 Å². The fraction of sp³-hybridized carbons (Fsp3) is 0.0968. The maximum absolute atomic E-state index is 2.42. The molecule has 0 aromatic heterocycles. The standard InChI is InChI=1S/C26H25NP.C5H5.Fe/c1-27(2)20-23-18-22(21-12-6-3-7-13-21)19-26(23)28(24-14-8-4-9-15-24)25-16-10-5-11-17-25;1-2-4-5-3-1;/h3-19H,20H2,1-2H3;1-5H;/q2*-1;+2. The fourth-order valence-electron chi connectivity index (χ4n) is 3.92. The molecular formula is C31H30FeNP. The molecule has 0 fully saturated rings. The first kappa shape index (κ1) is 25.9. The van der Waals surface area contributed by atoms with Crippen LogP contribution in [0.15, 0.2) is 133 Å². The van der Waals surface area contributed by atoms with E-state index in [4.69, 9.17) is 0 Å². The van der Waals surface area contributed by atoms with E-state index >= 15 is 0 Å².